The van der Waals surface area contributed by atoms with Crippen LogP contribution in [0.1, 0.15) is 49.9 Å². The molecule has 21 heavy (non-hydrogen) atoms. The largest absolute Gasteiger partial charge is 0.376 e. The number of amides is 1. The van der Waals surface area contributed by atoms with Crippen LogP contribution < -0.4 is 10.6 Å². The Balaban J connectivity index is 1.83. The maximum Gasteiger partial charge on any atom is 0.239 e. The summed E-state index contributed by atoms with van der Waals surface area (Å²) in [6, 6.07) is 7.54. The number of hydrogen-bond acceptors (Lipinski definition) is 3. The van der Waals surface area contributed by atoms with E-state index in [1.165, 1.54) is 26.2 Å². The molecule has 0 radical (unpaired) electrons. The van der Waals surface area contributed by atoms with Gasteiger partial charge in [0.05, 0.1) is 6.54 Å². The van der Waals surface area contributed by atoms with Crippen LogP contribution in [0.4, 0.5) is 5.69 Å². The lowest BCUT2D eigenvalue weighted by Gasteiger charge is -2.29. The van der Waals surface area contributed by atoms with E-state index in [0.717, 1.165) is 12.1 Å². The molecule has 0 heterocycles. The van der Waals surface area contributed by atoms with Gasteiger partial charge < -0.3 is 10.6 Å². The van der Waals surface area contributed by atoms with E-state index in [2.05, 4.69) is 17.6 Å². The average Bonchev–Trinajstić information content (AvgIpc) is 2.48. The summed E-state index contributed by atoms with van der Waals surface area (Å²) in [5.41, 5.74) is 1.45. The standard InChI is InChI=1S/C17H24N2O2/c1-12-6-3-4-9-16(12)19-17(21)11-18-15-8-5-7-14(10-15)13(2)20/h5,7-8,10,12,16,18H,3-4,6,9,11H2,1-2H3,(H,19,21)/t12-,16-/m1/s1. The number of hydrogen-bond donors (Lipinski definition) is 2. The van der Waals surface area contributed by atoms with E-state index in [1.54, 1.807) is 12.1 Å². The highest BCUT2D eigenvalue weighted by atomic mass is 16.2. The van der Waals surface area contributed by atoms with Crippen molar-refractivity contribution in [3.05, 3.63) is 29.8 Å². The molecule has 114 valence electrons. The van der Waals surface area contributed by atoms with E-state index in [-0.39, 0.29) is 18.2 Å². The summed E-state index contributed by atoms with van der Waals surface area (Å²) in [6.45, 7) is 3.98. The van der Waals surface area contributed by atoms with Crippen molar-refractivity contribution in [3.63, 3.8) is 0 Å². The second-order valence-electron chi connectivity index (χ2n) is 5.93. The predicted molar refractivity (Wildman–Crippen MR) is 84.5 cm³/mol. The minimum Gasteiger partial charge on any atom is -0.376 e. The number of Topliss-reactive ketones (excluding diaryl/α,β-unsaturated/α-hetero) is 1. The highest BCUT2D eigenvalue weighted by molar-refractivity contribution is 5.95. The Morgan fingerprint density at radius 3 is 2.71 bits per heavy atom. The van der Waals surface area contributed by atoms with Crippen molar-refractivity contribution in [2.45, 2.75) is 45.6 Å². The molecule has 1 fully saturated rings. The summed E-state index contributed by atoms with van der Waals surface area (Å²) in [5.74, 6) is 0.602. The minimum absolute atomic E-state index is 0.0157. The van der Waals surface area contributed by atoms with Gasteiger partial charge in [0.25, 0.3) is 0 Å². The molecule has 2 atom stereocenters. The van der Waals surface area contributed by atoms with Crippen LogP contribution in [0.2, 0.25) is 0 Å². The third-order valence-electron chi connectivity index (χ3n) is 4.18. The van der Waals surface area contributed by atoms with Gasteiger partial charge in [0, 0.05) is 17.3 Å². The number of carbonyl (C=O) groups is 2. The molecule has 1 aliphatic rings. The third kappa shape index (κ3) is 4.59. The van der Waals surface area contributed by atoms with E-state index in [9.17, 15) is 9.59 Å². The molecule has 0 aromatic heterocycles. The Morgan fingerprint density at radius 1 is 1.24 bits per heavy atom. The number of ketones is 1. The summed E-state index contributed by atoms with van der Waals surface area (Å²) in [7, 11) is 0. The zero-order valence-electron chi connectivity index (χ0n) is 12.8. The molecule has 0 bridgehead atoms. The van der Waals surface area contributed by atoms with Gasteiger partial charge in [-0.15, -0.1) is 0 Å². The van der Waals surface area contributed by atoms with Gasteiger partial charge in [0.2, 0.25) is 5.91 Å². The topological polar surface area (TPSA) is 58.2 Å². The van der Waals surface area contributed by atoms with E-state index in [4.69, 9.17) is 0 Å². The predicted octanol–water partition coefficient (Wildman–Crippen LogP) is 3.00. The fourth-order valence-corrected chi connectivity index (χ4v) is 2.82. The fourth-order valence-electron chi connectivity index (χ4n) is 2.82. The first kappa shape index (κ1) is 15.5. The lowest BCUT2D eigenvalue weighted by molar-refractivity contribution is -0.120. The number of benzene rings is 1. The summed E-state index contributed by atoms with van der Waals surface area (Å²) in [5, 5.41) is 6.19. The van der Waals surface area contributed by atoms with Gasteiger partial charge in [-0.1, -0.05) is 31.9 Å². The Kier molecular flexibility index (Phi) is 5.37. The highest BCUT2D eigenvalue weighted by Gasteiger charge is 2.22. The van der Waals surface area contributed by atoms with Crippen LogP contribution >= 0.6 is 0 Å². The first-order valence-electron chi connectivity index (χ1n) is 7.70. The first-order chi connectivity index (χ1) is 10.1. The first-order valence-corrected chi connectivity index (χ1v) is 7.70. The van der Waals surface area contributed by atoms with Gasteiger partial charge in [0.1, 0.15) is 0 Å². The molecule has 4 nitrogen and oxygen atoms in total. The van der Waals surface area contributed by atoms with E-state index >= 15 is 0 Å². The Hall–Kier alpha value is -1.84. The number of nitrogens with one attached hydrogen (secondary N) is 2. The maximum absolute atomic E-state index is 12.0. The van der Waals surface area contributed by atoms with Crippen molar-refractivity contribution in [2.75, 3.05) is 11.9 Å². The molecule has 1 saturated carbocycles. The lowest BCUT2D eigenvalue weighted by Crippen LogP contribution is -2.43. The summed E-state index contributed by atoms with van der Waals surface area (Å²) < 4.78 is 0. The summed E-state index contributed by atoms with van der Waals surface area (Å²) >= 11 is 0. The summed E-state index contributed by atoms with van der Waals surface area (Å²) in [6.07, 6.45) is 4.73. The van der Waals surface area contributed by atoms with Crippen molar-refractivity contribution >= 4 is 17.4 Å². The molecule has 0 saturated heterocycles. The number of carbonyl (C=O) groups excluding carboxylic acids is 2. The molecular formula is C17H24N2O2. The highest BCUT2D eigenvalue weighted by Crippen LogP contribution is 2.23. The van der Waals surface area contributed by atoms with Crippen LogP contribution in [0.3, 0.4) is 0 Å². The Labute approximate surface area is 126 Å². The molecule has 1 aliphatic carbocycles. The monoisotopic (exact) mass is 288 g/mol. The molecule has 0 unspecified atom stereocenters. The minimum atomic E-state index is 0.0157. The van der Waals surface area contributed by atoms with Gasteiger partial charge in [-0.2, -0.15) is 0 Å². The van der Waals surface area contributed by atoms with Gasteiger partial charge in [0.15, 0.2) is 5.78 Å². The molecule has 1 aromatic carbocycles. The van der Waals surface area contributed by atoms with Crippen molar-refractivity contribution in [3.8, 4) is 0 Å². The van der Waals surface area contributed by atoms with Crippen molar-refractivity contribution in [1.82, 2.24) is 5.32 Å². The smallest absolute Gasteiger partial charge is 0.239 e. The van der Waals surface area contributed by atoms with Crippen LogP contribution in [-0.4, -0.2) is 24.3 Å². The van der Waals surface area contributed by atoms with Crippen molar-refractivity contribution in [2.24, 2.45) is 5.92 Å². The average molecular weight is 288 g/mol. The van der Waals surface area contributed by atoms with Crippen LogP contribution in [0.15, 0.2) is 24.3 Å². The summed E-state index contributed by atoms with van der Waals surface area (Å²) in [4.78, 5) is 23.3. The van der Waals surface area contributed by atoms with E-state index in [0.29, 0.717) is 17.5 Å². The van der Waals surface area contributed by atoms with Crippen molar-refractivity contribution < 1.29 is 9.59 Å². The van der Waals surface area contributed by atoms with Crippen LogP contribution in [-0.2, 0) is 4.79 Å². The Bertz CT molecular complexity index is 513. The second kappa shape index (κ2) is 7.25. The molecule has 0 spiro atoms. The fraction of sp³-hybridized carbons (Fsp3) is 0.529. The third-order valence-corrected chi connectivity index (χ3v) is 4.18. The van der Waals surface area contributed by atoms with Gasteiger partial charge in [-0.3, -0.25) is 9.59 Å². The molecule has 4 heteroatoms. The molecule has 2 rings (SSSR count). The van der Waals surface area contributed by atoms with E-state index in [1.807, 2.05) is 12.1 Å². The van der Waals surface area contributed by atoms with Crippen molar-refractivity contribution in [1.29, 1.82) is 0 Å². The SMILES string of the molecule is CC(=O)c1cccc(NCC(=O)N[C@@H]2CCCC[C@H]2C)c1. The lowest BCUT2D eigenvalue weighted by atomic mass is 9.86. The molecular weight excluding hydrogens is 264 g/mol. The molecule has 0 aliphatic heterocycles. The van der Waals surface area contributed by atoms with Crippen LogP contribution in [0, 0.1) is 5.92 Å². The molecule has 2 N–H and O–H groups in total. The van der Waals surface area contributed by atoms with E-state index < -0.39 is 0 Å². The number of rotatable bonds is 5. The van der Waals surface area contributed by atoms with Gasteiger partial charge in [-0.25, -0.2) is 0 Å². The quantitative estimate of drug-likeness (QED) is 0.819. The van der Waals surface area contributed by atoms with Crippen LogP contribution in [0.5, 0.6) is 0 Å². The maximum atomic E-state index is 12.0. The van der Waals surface area contributed by atoms with Crippen LogP contribution in [0.25, 0.3) is 0 Å². The number of anilines is 1. The normalized spacial score (nSPS) is 21.6. The van der Waals surface area contributed by atoms with Gasteiger partial charge >= 0.3 is 0 Å². The Morgan fingerprint density at radius 2 is 2.00 bits per heavy atom. The zero-order chi connectivity index (χ0) is 15.2. The zero-order valence-corrected chi connectivity index (χ0v) is 12.8. The molecule has 1 aromatic rings. The second-order valence-corrected chi connectivity index (χ2v) is 5.93. The van der Waals surface area contributed by atoms with Gasteiger partial charge in [-0.05, 0) is 37.8 Å². The molecule has 1 amide bonds.